The Balaban J connectivity index is 2.67. The molecule has 7 heteroatoms. The van der Waals surface area contributed by atoms with Gasteiger partial charge >= 0.3 is 5.97 Å². The fourth-order valence-electron chi connectivity index (χ4n) is 1.25. The summed E-state index contributed by atoms with van der Waals surface area (Å²) in [5.74, 6) is -1.87. The first-order valence-electron chi connectivity index (χ1n) is 5.71. The second kappa shape index (κ2) is 6.89. The molecule has 1 unspecified atom stereocenters. The van der Waals surface area contributed by atoms with E-state index in [1.54, 1.807) is 6.07 Å². The first-order valence-corrected chi connectivity index (χ1v) is 5.71. The summed E-state index contributed by atoms with van der Waals surface area (Å²) in [5, 5.41) is 10.8. The number of carbonyl (C=O) groups excluding carboxylic acids is 3. The van der Waals surface area contributed by atoms with Gasteiger partial charge in [-0.2, -0.15) is 5.26 Å². The summed E-state index contributed by atoms with van der Waals surface area (Å²) in [5.41, 5.74) is 5.65. The van der Waals surface area contributed by atoms with E-state index in [1.807, 2.05) is 0 Å². The molecule has 0 aliphatic rings. The zero-order chi connectivity index (χ0) is 15.1. The van der Waals surface area contributed by atoms with Crippen LogP contribution in [0, 0.1) is 11.3 Å². The van der Waals surface area contributed by atoms with Crippen molar-refractivity contribution in [1.29, 1.82) is 5.26 Å². The fraction of sp³-hybridized carbons (Fsp3) is 0.231. The molecule has 1 rings (SSSR count). The Kier molecular flexibility index (Phi) is 5.23. The minimum atomic E-state index is -1.02. The Hall–Kier alpha value is -2.88. The van der Waals surface area contributed by atoms with Crippen LogP contribution in [0.2, 0.25) is 0 Å². The fourth-order valence-corrected chi connectivity index (χ4v) is 1.25. The van der Waals surface area contributed by atoms with Crippen molar-refractivity contribution >= 4 is 23.5 Å². The normalized spacial score (nSPS) is 11.0. The molecule has 0 spiro atoms. The number of nitrogens with one attached hydrogen (secondary N) is 1. The van der Waals surface area contributed by atoms with Crippen LogP contribution in [0.25, 0.3) is 0 Å². The van der Waals surface area contributed by atoms with Crippen LogP contribution in [0.5, 0.6) is 0 Å². The molecule has 7 nitrogen and oxygen atoms in total. The molecule has 0 radical (unpaired) electrons. The van der Waals surface area contributed by atoms with Crippen molar-refractivity contribution < 1.29 is 19.1 Å². The minimum absolute atomic E-state index is 0.219. The lowest BCUT2D eigenvalue weighted by Crippen LogP contribution is -2.30. The highest BCUT2D eigenvalue weighted by atomic mass is 16.5. The predicted octanol–water partition coefficient (Wildman–Crippen LogP) is 0.569. The average molecular weight is 275 g/mol. The zero-order valence-electron chi connectivity index (χ0n) is 10.8. The number of hydrogen-bond donors (Lipinski definition) is 2. The number of anilines is 1. The van der Waals surface area contributed by atoms with Crippen LogP contribution in [0.4, 0.5) is 5.69 Å². The molecule has 0 fully saturated rings. The van der Waals surface area contributed by atoms with Crippen molar-refractivity contribution in [1.82, 2.24) is 0 Å². The molecule has 1 atom stereocenters. The van der Waals surface area contributed by atoms with Crippen LogP contribution in [0.3, 0.4) is 0 Å². The van der Waals surface area contributed by atoms with Crippen molar-refractivity contribution in [3.05, 3.63) is 29.8 Å². The monoisotopic (exact) mass is 275 g/mol. The van der Waals surface area contributed by atoms with Crippen molar-refractivity contribution in [2.45, 2.75) is 19.4 Å². The van der Waals surface area contributed by atoms with E-state index in [9.17, 15) is 14.4 Å². The highest BCUT2D eigenvalue weighted by Crippen LogP contribution is 2.11. The third-order valence-electron chi connectivity index (χ3n) is 2.33. The van der Waals surface area contributed by atoms with Crippen LogP contribution < -0.4 is 11.1 Å². The lowest BCUT2D eigenvalue weighted by Gasteiger charge is -2.10. The van der Waals surface area contributed by atoms with Gasteiger partial charge in [0.25, 0.3) is 5.91 Å². The Morgan fingerprint density at radius 2 is 1.95 bits per heavy atom. The highest BCUT2D eigenvalue weighted by molar-refractivity contribution is 5.94. The van der Waals surface area contributed by atoms with E-state index in [-0.39, 0.29) is 12.0 Å². The summed E-state index contributed by atoms with van der Waals surface area (Å²) < 4.78 is 4.81. The number of amides is 2. The molecule has 0 saturated carbocycles. The summed E-state index contributed by atoms with van der Waals surface area (Å²) in [6, 6.07) is 7.55. The molecule has 0 aliphatic heterocycles. The van der Waals surface area contributed by atoms with Crippen molar-refractivity contribution in [2.75, 3.05) is 5.32 Å². The number of nitrogens with zero attached hydrogens (tertiary/aromatic N) is 1. The lowest BCUT2D eigenvalue weighted by molar-refractivity contribution is -0.125. The van der Waals surface area contributed by atoms with Crippen LogP contribution >= 0.6 is 0 Å². The number of nitriles is 1. The van der Waals surface area contributed by atoms with Crippen molar-refractivity contribution in [3.8, 4) is 6.07 Å². The van der Waals surface area contributed by atoms with Gasteiger partial charge in [-0.05, 0) is 31.2 Å². The van der Waals surface area contributed by atoms with Crippen LogP contribution in [0.15, 0.2) is 24.3 Å². The molecule has 3 N–H and O–H groups in total. The molecule has 0 bridgehead atoms. The number of nitrogens with two attached hydrogens (primary N) is 1. The number of ether oxygens (including phenoxy) is 1. The number of carbonyl (C=O) groups is 3. The lowest BCUT2D eigenvalue weighted by atomic mass is 10.2. The molecule has 20 heavy (non-hydrogen) atoms. The number of rotatable bonds is 5. The maximum absolute atomic E-state index is 11.6. The molecular formula is C13H13N3O4. The smallest absolute Gasteiger partial charge is 0.338 e. The van der Waals surface area contributed by atoms with Gasteiger partial charge in [0.1, 0.15) is 6.42 Å². The summed E-state index contributed by atoms with van der Waals surface area (Å²) in [7, 11) is 0. The van der Waals surface area contributed by atoms with Gasteiger partial charge in [0, 0.05) is 5.69 Å². The second-order valence-electron chi connectivity index (χ2n) is 3.91. The van der Waals surface area contributed by atoms with Gasteiger partial charge in [-0.15, -0.1) is 0 Å². The Bertz CT molecular complexity index is 560. The molecule has 0 aliphatic carbocycles. The molecule has 0 saturated heterocycles. The third-order valence-corrected chi connectivity index (χ3v) is 2.33. The number of hydrogen-bond acceptors (Lipinski definition) is 5. The summed E-state index contributed by atoms with van der Waals surface area (Å²) in [4.78, 5) is 33.6. The van der Waals surface area contributed by atoms with Crippen molar-refractivity contribution in [3.63, 3.8) is 0 Å². The first-order chi connectivity index (χ1) is 9.43. The molecule has 0 aromatic heterocycles. The van der Waals surface area contributed by atoms with Crippen molar-refractivity contribution in [2.24, 2.45) is 5.73 Å². The Morgan fingerprint density at radius 1 is 1.35 bits per heavy atom. The molecule has 0 heterocycles. The number of benzene rings is 1. The van der Waals surface area contributed by atoms with E-state index in [4.69, 9.17) is 15.7 Å². The Labute approximate surface area is 115 Å². The predicted molar refractivity (Wildman–Crippen MR) is 69.4 cm³/mol. The van der Waals surface area contributed by atoms with Gasteiger partial charge < -0.3 is 15.8 Å². The minimum Gasteiger partial charge on any atom is -0.449 e. The molecule has 2 amide bonds. The molecule has 1 aromatic rings. The SMILES string of the molecule is CC(OC(=O)c1ccc(NC(=O)CC#N)cc1)C(N)=O. The molecule has 104 valence electrons. The average Bonchev–Trinajstić information content (AvgIpc) is 2.39. The van der Waals surface area contributed by atoms with E-state index in [2.05, 4.69) is 5.32 Å². The largest absolute Gasteiger partial charge is 0.449 e. The van der Waals surface area contributed by atoms with E-state index in [0.29, 0.717) is 5.69 Å². The standard InChI is InChI=1S/C13H13N3O4/c1-8(12(15)18)20-13(19)9-2-4-10(5-3-9)16-11(17)6-7-14/h2-5,8H,6H2,1H3,(H2,15,18)(H,16,17). The van der Waals surface area contributed by atoms with E-state index in [1.165, 1.54) is 31.2 Å². The van der Waals surface area contributed by atoms with Gasteiger partial charge in [0.2, 0.25) is 5.91 Å². The third kappa shape index (κ3) is 4.42. The van der Waals surface area contributed by atoms with Gasteiger partial charge in [0.05, 0.1) is 11.6 Å². The van der Waals surface area contributed by atoms with Gasteiger partial charge in [-0.1, -0.05) is 0 Å². The summed E-state index contributed by atoms with van der Waals surface area (Å²) in [6.07, 6.45) is -1.27. The summed E-state index contributed by atoms with van der Waals surface area (Å²) in [6.45, 7) is 1.37. The van der Waals surface area contributed by atoms with E-state index in [0.717, 1.165) is 0 Å². The van der Waals surface area contributed by atoms with Crippen LogP contribution in [-0.2, 0) is 14.3 Å². The number of esters is 1. The second-order valence-corrected chi connectivity index (χ2v) is 3.91. The topological polar surface area (TPSA) is 122 Å². The first kappa shape index (κ1) is 15.2. The Morgan fingerprint density at radius 3 is 2.45 bits per heavy atom. The summed E-state index contributed by atoms with van der Waals surface area (Å²) >= 11 is 0. The number of primary amides is 1. The van der Waals surface area contributed by atoms with Crippen LogP contribution in [-0.4, -0.2) is 23.9 Å². The quantitative estimate of drug-likeness (QED) is 0.760. The molecular weight excluding hydrogens is 262 g/mol. The maximum atomic E-state index is 11.6. The maximum Gasteiger partial charge on any atom is 0.338 e. The van der Waals surface area contributed by atoms with Crippen LogP contribution in [0.1, 0.15) is 23.7 Å². The van der Waals surface area contributed by atoms with Gasteiger partial charge in [0.15, 0.2) is 6.10 Å². The zero-order valence-corrected chi connectivity index (χ0v) is 10.8. The van der Waals surface area contributed by atoms with Gasteiger partial charge in [-0.25, -0.2) is 4.79 Å². The molecule has 1 aromatic carbocycles. The van der Waals surface area contributed by atoms with E-state index >= 15 is 0 Å². The van der Waals surface area contributed by atoms with E-state index < -0.39 is 23.9 Å². The van der Waals surface area contributed by atoms with Gasteiger partial charge in [-0.3, -0.25) is 9.59 Å². The highest BCUT2D eigenvalue weighted by Gasteiger charge is 2.16.